The summed E-state index contributed by atoms with van der Waals surface area (Å²) in [6.07, 6.45) is 11.4. The first-order valence-corrected chi connectivity index (χ1v) is 13.4. The highest BCUT2D eigenvalue weighted by Gasteiger charge is 2.49. The number of carbonyl (C=O) groups is 1. The largest absolute Gasteiger partial charge is 0.478 e. The van der Waals surface area contributed by atoms with Gasteiger partial charge in [-0.05, 0) is 63.4 Å². The molecule has 0 atom stereocenters. The van der Waals surface area contributed by atoms with Gasteiger partial charge in [0.05, 0.1) is 27.8 Å². The van der Waals surface area contributed by atoms with E-state index in [1.807, 2.05) is 0 Å². The molecule has 4 aliphatic rings. The van der Waals surface area contributed by atoms with E-state index in [4.69, 9.17) is 37.6 Å². The second-order valence-electron chi connectivity index (χ2n) is 10.5. The summed E-state index contributed by atoms with van der Waals surface area (Å²) in [5.41, 5.74) is 1.40. The van der Waals surface area contributed by atoms with Crippen molar-refractivity contribution in [3.8, 4) is 23.1 Å². The summed E-state index contributed by atoms with van der Waals surface area (Å²) in [6, 6.07) is 0.957. The minimum Gasteiger partial charge on any atom is -0.478 e. The summed E-state index contributed by atoms with van der Waals surface area (Å²) < 4.78 is 26.7. The maximum absolute atomic E-state index is 14.3. The van der Waals surface area contributed by atoms with Crippen LogP contribution >= 0.6 is 23.2 Å². The molecule has 0 aliphatic heterocycles. The molecule has 0 unspecified atom stereocenters. The summed E-state index contributed by atoms with van der Waals surface area (Å²) >= 11 is 12.9. The molecule has 1 N–H and O–H groups in total. The first-order chi connectivity index (χ1) is 18.3. The number of rotatable bonds is 6. The van der Waals surface area contributed by atoms with E-state index in [1.165, 1.54) is 0 Å². The van der Waals surface area contributed by atoms with Crippen molar-refractivity contribution >= 4 is 29.2 Å². The summed E-state index contributed by atoms with van der Waals surface area (Å²) in [4.78, 5) is 19.0. The normalized spacial score (nSPS) is 24.2. The van der Waals surface area contributed by atoms with Crippen molar-refractivity contribution < 1.29 is 23.6 Å². The van der Waals surface area contributed by atoms with E-state index in [0.717, 1.165) is 75.0 Å². The lowest BCUT2D eigenvalue weighted by atomic mass is 9.59. The number of hydrogen-bond acceptors (Lipinski definition) is 6. The molecule has 3 aromatic heterocycles. The predicted octanol–water partition coefficient (Wildman–Crippen LogP) is 6.81. The van der Waals surface area contributed by atoms with Crippen LogP contribution in [-0.4, -0.2) is 31.8 Å². The van der Waals surface area contributed by atoms with Gasteiger partial charge in [-0.3, -0.25) is 4.98 Å². The highest BCUT2D eigenvalue weighted by molar-refractivity contribution is 6.38. The molecule has 0 saturated heterocycles. The van der Waals surface area contributed by atoms with Crippen LogP contribution < -0.4 is 0 Å². The molecule has 4 fully saturated rings. The van der Waals surface area contributed by atoms with Crippen LogP contribution in [-0.2, 0) is 11.3 Å². The minimum atomic E-state index is -1.22. The van der Waals surface area contributed by atoms with E-state index in [9.17, 15) is 9.18 Å². The van der Waals surface area contributed by atoms with Crippen LogP contribution in [0.4, 0.5) is 4.39 Å². The minimum absolute atomic E-state index is 0.0240. The lowest BCUT2D eigenvalue weighted by molar-refractivity contribution is -0.131. The van der Waals surface area contributed by atoms with Crippen molar-refractivity contribution in [2.24, 2.45) is 5.41 Å². The molecule has 3 heterocycles. The van der Waals surface area contributed by atoms with Gasteiger partial charge in [-0.1, -0.05) is 34.3 Å². The third-order valence-electron chi connectivity index (χ3n) is 8.09. The average Bonchev–Trinajstić information content (AvgIpc) is 3.68. The third-order valence-corrected chi connectivity index (χ3v) is 8.66. The summed E-state index contributed by atoms with van der Waals surface area (Å²) in [5.74, 6) is 5.39. The van der Waals surface area contributed by atoms with Crippen LogP contribution in [0.15, 0.2) is 29.2 Å². The molecule has 38 heavy (non-hydrogen) atoms. The number of ether oxygens (including phenoxy) is 1. The van der Waals surface area contributed by atoms with Gasteiger partial charge in [0.15, 0.2) is 5.82 Å². The highest BCUT2D eigenvalue weighted by atomic mass is 35.5. The van der Waals surface area contributed by atoms with Crippen LogP contribution in [0.3, 0.4) is 0 Å². The molecule has 0 radical (unpaired) electrons. The van der Waals surface area contributed by atoms with E-state index in [0.29, 0.717) is 33.8 Å². The Balaban J connectivity index is 1.18. The molecule has 10 heteroatoms. The van der Waals surface area contributed by atoms with Gasteiger partial charge < -0.3 is 14.4 Å². The van der Waals surface area contributed by atoms with Gasteiger partial charge in [0, 0.05) is 41.1 Å². The van der Waals surface area contributed by atoms with E-state index >= 15 is 0 Å². The molecular weight excluding hydrogens is 532 g/mol. The Morgan fingerprint density at radius 3 is 2.42 bits per heavy atom. The quantitative estimate of drug-likeness (QED) is 0.333. The lowest BCUT2D eigenvalue weighted by Gasteiger charge is -2.51. The number of pyridine rings is 2. The molecule has 4 saturated carbocycles. The predicted molar refractivity (Wildman–Crippen MR) is 137 cm³/mol. The number of carboxylic acids is 1. The molecule has 196 valence electrons. The summed E-state index contributed by atoms with van der Waals surface area (Å²) in [7, 11) is 0. The Bertz CT molecular complexity index is 1450. The van der Waals surface area contributed by atoms with Crippen LogP contribution in [0.1, 0.15) is 84.7 Å². The van der Waals surface area contributed by atoms with E-state index in [1.54, 1.807) is 12.4 Å². The molecule has 7 nitrogen and oxygen atoms in total. The summed E-state index contributed by atoms with van der Waals surface area (Å²) in [6.45, 7) is 0.351. The van der Waals surface area contributed by atoms with E-state index < -0.39 is 11.8 Å². The average molecular weight is 556 g/mol. The van der Waals surface area contributed by atoms with Gasteiger partial charge in [-0.15, -0.1) is 0 Å². The number of fused-ring (bicyclic) bond motifs is 3. The molecular formula is C28H24Cl2FN3O4. The molecule has 4 aliphatic carbocycles. The van der Waals surface area contributed by atoms with Gasteiger partial charge in [-0.25, -0.2) is 14.2 Å². The molecule has 0 aromatic carbocycles. The Morgan fingerprint density at radius 1 is 1.13 bits per heavy atom. The molecule has 0 spiro atoms. The number of aromatic nitrogens is 3. The SMILES string of the molecule is O=C(O)c1cnc(C#CC23CCC(OCc4c(-c5c(Cl)cncc5Cl)noc4C4CC4)(CC2)CC3)c(F)c1. The van der Waals surface area contributed by atoms with Gasteiger partial charge in [0.2, 0.25) is 0 Å². The standard InChI is InChI=1S/C28H24Cl2FN3O4/c29-19-13-32-14-20(30)23(19)24-18(25(38-34-24)16-1-2-16)15-37-28-8-5-27(6-9-28,7-10-28)4-3-22-21(31)11-17(12-33-22)26(35)36/h11-14,16H,1-2,5-10,15H2,(H,35,36). The van der Waals surface area contributed by atoms with Crippen LogP contribution in [0.2, 0.25) is 10.0 Å². The first kappa shape index (κ1) is 25.3. The zero-order valence-corrected chi connectivity index (χ0v) is 21.9. The number of nitrogens with zero attached hydrogens (tertiary/aromatic N) is 3. The van der Waals surface area contributed by atoms with E-state index in [2.05, 4.69) is 27.0 Å². The summed E-state index contributed by atoms with van der Waals surface area (Å²) in [5, 5.41) is 14.2. The van der Waals surface area contributed by atoms with Gasteiger partial charge in [-0.2, -0.15) is 0 Å². The van der Waals surface area contributed by atoms with Crippen molar-refractivity contribution in [2.45, 2.75) is 69.5 Å². The third kappa shape index (κ3) is 4.68. The Labute approximate surface area is 228 Å². The zero-order chi connectivity index (χ0) is 26.5. The van der Waals surface area contributed by atoms with Crippen molar-refractivity contribution in [1.82, 2.24) is 15.1 Å². The van der Waals surface area contributed by atoms with Crippen molar-refractivity contribution in [2.75, 3.05) is 0 Å². The van der Waals surface area contributed by atoms with Crippen LogP contribution in [0, 0.1) is 23.1 Å². The van der Waals surface area contributed by atoms with Crippen molar-refractivity contribution in [3.63, 3.8) is 0 Å². The zero-order valence-electron chi connectivity index (χ0n) is 20.4. The van der Waals surface area contributed by atoms with Crippen LogP contribution in [0.25, 0.3) is 11.3 Å². The number of carboxylic acid groups (broad SMARTS) is 1. The fourth-order valence-corrected chi connectivity index (χ4v) is 6.12. The monoisotopic (exact) mass is 555 g/mol. The maximum atomic E-state index is 14.3. The maximum Gasteiger partial charge on any atom is 0.337 e. The van der Waals surface area contributed by atoms with Crippen molar-refractivity contribution in [3.05, 3.63) is 63.1 Å². The second-order valence-corrected chi connectivity index (χ2v) is 11.3. The molecule has 7 rings (SSSR count). The van der Waals surface area contributed by atoms with E-state index in [-0.39, 0.29) is 22.3 Å². The molecule has 0 amide bonds. The van der Waals surface area contributed by atoms with Gasteiger partial charge >= 0.3 is 5.97 Å². The number of hydrogen-bond donors (Lipinski definition) is 1. The number of aromatic carboxylic acids is 1. The van der Waals surface area contributed by atoms with Crippen LogP contribution in [0.5, 0.6) is 0 Å². The Hall–Kier alpha value is -2.99. The highest BCUT2D eigenvalue weighted by Crippen LogP contribution is 2.54. The fraction of sp³-hybridized carbons (Fsp3) is 0.429. The topological polar surface area (TPSA) is 98.3 Å². The number of halogens is 3. The van der Waals surface area contributed by atoms with Gasteiger partial charge in [0.25, 0.3) is 0 Å². The fourth-order valence-electron chi connectivity index (χ4n) is 5.58. The Kier molecular flexibility index (Phi) is 6.42. The first-order valence-electron chi connectivity index (χ1n) is 12.6. The van der Waals surface area contributed by atoms with Gasteiger partial charge in [0.1, 0.15) is 17.1 Å². The Morgan fingerprint density at radius 2 is 1.82 bits per heavy atom. The molecule has 3 aromatic rings. The smallest absolute Gasteiger partial charge is 0.337 e. The van der Waals surface area contributed by atoms with Crippen molar-refractivity contribution in [1.29, 1.82) is 0 Å². The second kappa shape index (κ2) is 9.64. The lowest BCUT2D eigenvalue weighted by Crippen LogP contribution is -2.47. The molecule has 2 bridgehead atoms.